The summed E-state index contributed by atoms with van der Waals surface area (Å²) < 4.78 is 0. The van der Waals surface area contributed by atoms with Crippen LogP contribution in [0.15, 0.2) is 39.6 Å². The average molecular weight is 344 g/mol. The first-order chi connectivity index (χ1) is 11.0. The monoisotopic (exact) mass is 344 g/mol. The maximum Gasteiger partial charge on any atom is 0.260 e. The van der Waals surface area contributed by atoms with Gasteiger partial charge in [-0.3, -0.25) is 9.59 Å². The van der Waals surface area contributed by atoms with Gasteiger partial charge in [-0.15, -0.1) is 11.3 Å². The van der Waals surface area contributed by atoms with Crippen LogP contribution in [0.5, 0.6) is 0 Å². The molecule has 3 rings (SSSR count). The van der Waals surface area contributed by atoms with Gasteiger partial charge in [0.05, 0.1) is 5.39 Å². The summed E-state index contributed by atoms with van der Waals surface area (Å²) in [6.07, 6.45) is 0.478. The van der Waals surface area contributed by atoms with Crippen molar-refractivity contribution < 1.29 is 4.79 Å². The van der Waals surface area contributed by atoms with Gasteiger partial charge in [0.15, 0.2) is 5.16 Å². The maximum atomic E-state index is 12.4. The van der Waals surface area contributed by atoms with Crippen LogP contribution in [0.3, 0.4) is 0 Å². The maximum absolute atomic E-state index is 12.4. The van der Waals surface area contributed by atoms with E-state index < -0.39 is 0 Å². The molecule has 1 aromatic carbocycles. The molecule has 6 heteroatoms. The molecule has 0 aliphatic rings. The zero-order chi connectivity index (χ0) is 16.4. The number of carbonyl (C=O) groups excluding carboxylic acids is 1. The van der Waals surface area contributed by atoms with E-state index in [1.54, 1.807) is 6.92 Å². The van der Waals surface area contributed by atoms with Crippen molar-refractivity contribution in [3.63, 3.8) is 0 Å². The summed E-state index contributed by atoms with van der Waals surface area (Å²) in [6.45, 7) is 3.60. The Morgan fingerprint density at radius 2 is 2.04 bits per heavy atom. The number of H-pyrrole nitrogens is 1. The second-order valence-corrected chi connectivity index (χ2v) is 7.31. The number of Topliss-reactive ketones (excluding diaryl/α,β-unsaturated/α-hetero) is 1. The fraction of sp³-hybridized carbons (Fsp3) is 0.235. The fourth-order valence-corrected chi connectivity index (χ4v) is 4.14. The van der Waals surface area contributed by atoms with Crippen molar-refractivity contribution in [2.45, 2.75) is 25.4 Å². The Morgan fingerprint density at radius 3 is 2.74 bits per heavy atom. The molecule has 3 aromatic rings. The minimum atomic E-state index is -0.128. The summed E-state index contributed by atoms with van der Waals surface area (Å²) >= 11 is 2.87. The molecule has 0 amide bonds. The van der Waals surface area contributed by atoms with Crippen LogP contribution in [0.1, 0.15) is 18.9 Å². The molecule has 2 heterocycles. The van der Waals surface area contributed by atoms with Crippen LogP contribution in [0, 0.1) is 6.92 Å². The van der Waals surface area contributed by atoms with Crippen LogP contribution < -0.4 is 5.56 Å². The van der Waals surface area contributed by atoms with Gasteiger partial charge in [-0.1, -0.05) is 41.6 Å². The highest BCUT2D eigenvalue weighted by atomic mass is 32.2. The number of hydrogen-bond acceptors (Lipinski definition) is 5. The zero-order valence-corrected chi connectivity index (χ0v) is 14.5. The molecule has 0 unspecified atom stereocenters. The highest BCUT2D eigenvalue weighted by Gasteiger charge is 2.13. The van der Waals surface area contributed by atoms with Gasteiger partial charge in [-0.2, -0.15) is 0 Å². The van der Waals surface area contributed by atoms with Crippen molar-refractivity contribution in [3.05, 3.63) is 45.6 Å². The van der Waals surface area contributed by atoms with Gasteiger partial charge < -0.3 is 4.98 Å². The van der Waals surface area contributed by atoms with Gasteiger partial charge in [0.25, 0.3) is 5.56 Å². The minimum absolute atomic E-state index is 0.128. The molecule has 1 N–H and O–H groups in total. The first-order valence-corrected chi connectivity index (χ1v) is 9.12. The summed E-state index contributed by atoms with van der Waals surface area (Å²) in [4.78, 5) is 31.5. The van der Waals surface area contributed by atoms with Crippen molar-refractivity contribution >= 4 is 39.1 Å². The molecule has 4 nitrogen and oxygen atoms in total. The van der Waals surface area contributed by atoms with Crippen molar-refractivity contribution in [1.29, 1.82) is 0 Å². The molecular formula is C17H16N2O2S2. The lowest BCUT2D eigenvalue weighted by Gasteiger charge is -2.02. The summed E-state index contributed by atoms with van der Waals surface area (Å²) in [7, 11) is 0. The Morgan fingerprint density at radius 1 is 1.30 bits per heavy atom. The lowest BCUT2D eigenvalue weighted by Crippen LogP contribution is -2.09. The number of carbonyl (C=O) groups is 1. The smallest absolute Gasteiger partial charge is 0.260 e. The van der Waals surface area contributed by atoms with E-state index in [2.05, 4.69) is 9.97 Å². The fourth-order valence-electron chi connectivity index (χ4n) is 2.23. The molecule has 0 radical (unpaired) electrons. The number of ketones is 1. The molecule has 118 valence electrons. The molecule has 2 aromatic heterocycles. The third-order valence-electron chi connectivity index (χ3n) is 3.48. The summed E-state index contributed by atoms with van der Waals surface area (Å²) in [5, 5.41) is 3.18. The first kappa shape index (κ1) is 16.0. The van der Waals surface area contributed by atoms with Gasteiger partial charge in [-0.05, 0) is 19.4 Å². The second kappa shape index (κ2) is 6.68. The molecular weight excluding hydrogens is 328 g/mol. The molecule has 0 bridgehead atoms. The van der Waals surface area contributed by atoms with Crippen LogP contribution in [0.25, 0.3) is 21.3 Å². The molecule has 0 aliphatic carbocycles. The summed E-state index contributed by atoms with van der Waals surface area (Å²) in [6, 6.07) is 8.11. The number of benzene rings is 1. The number of nitrogens with zero attached hydrogens (tertiary/aromatic N) is 1. The van der Waals surface area contributed by atoms with E-state index in [0.29, 0.717) is 22.7 Å². The van der Waals surface area contributed by atoms with Crippen molar-refractivity contribution in [2.24, 2.45) is 0 Å². The highest BCUT2D eigenvalue weighted by molar-refractivity contribution is 7.99. The lowest BCUT2D eigenvalue weighted by molar-refractivity contribution is -0.116. The number of nitrogens with one attached hydrogen (secondary N) is 1. The zero-order valence-electron chi connectivity index (χ0n) is 12.9. The van der Waals surface area contributed by atoms with Crippen molar-refractivity contribution in [2.75, 3.05) is 5.75 Å². The van der Waals surface area contributed by atoms with E-state index >= 15 is 0 Å². The quantitative estimate of drug-likeness (QED) is 0.561. The molecule has 23 heavy (non-hydrogen) atoms. The first-order valence-electron chi connectivity index (χ1n) is 7.25. The van der Waals surface area contributed by atoms with E-state index in [9.17, 15) is 9.59 Å². The van der Waals surface area contributed by atoms with E-state index in [0.717, 1.165) is 16.0 Å². The van der Waals surface area contributed by atoms with Crippen LogP contribution in [0.4, 0.5) is 0 Å². The largest absolute Gasteiger partial charge is 0.301 e. The second-order valence-electron chi connectivity index (χ2n) is 5.37. The lowest BCUT2D eigenvalue weighted by atomic mass is 10.1. The molecule has 0 spiro atoms. The summed E-state index contributed by atoms with van der Waals surface area (Å²) in [5.41, 5.74) is 2.99. The van der Waals surface area contributed by atoms with Gasteiger partial charge in [0, 0.05) is 23.1 Å². The number of thioether (sulfide) groups is 1. The SMILES string of the molecule is CC(=O)CCSc1nc2scc(-c3ccc(C)cc3)c2c(=O)[nH]1. The van der Waals surface area contributed by atoms with Crippen LogP contribution >= 0.6 is 23.1 Å². The van der Waals surface area contributed by atoms with E-state index in [-0.39, 0.29) is 11.3 Å². The molecule has 0 aliphatic heterocycles. The number of aromatic amines is 1. The Hall–Kier alpha value is -1.92. The standard InChI is InChI=1S/C17H16N2O2S2/c1-10-3-5-12(6-4-10)13-9-23-16-14(13)15(21)18-17(19-16)22-8-7-11(2)20/h3-6,9H,7-8H2,1-2H3,(H,18,19,21). The molecule has 0 atom stereocenters. The predicted octanol–water partition coefficient (Wildman–Crippen LogP) is 4.03. The normalized spacial score (nSPS) is 11.0. The van der Waals surface area contributed by atoms with Gasteiger partial charge in [0.2, 0.25) is 0 Å². The third-order valence-corrected chi connectivity index (χ3v) is 5.22. The molecule has 0 saturated carbocycles. The highest BCUT2D eigenvalue weighted by Crippen LogP contribution is 2.31. The predicted molar refractivity (Wildman–Crippen MR) is 96.4 cm³/mol. The molecule has 0 saturated heterocycles. The van der Waals surface area contributed by atoms with Crippen molar-refractivity contribution in [1.82, 2.24) is 9.97 Å². The Labute approximate surface area is 142 Å². The molecule has 0 fully saturated rings. The van der Waals surface area contributed by atoms with E-state index in [1.807, 2.05) is 36.6 Å². The van der Waals surface area contributed by atoms with E-state index in [4.69, 9.17) is 0 Å². The van der Waals surface area contributed by atoms with E-state index in [1.165, 1.54) is 28.7 Å². The number of fused-ring (bicyclic) bond motifs is 1. The Bertz CT molecular complexity index is 910. The number of hydrogen-bond donors (Lipinski definition) is 1. The van der Waals surface area contributed by atoms with Gasteiger partial charge in [-0.25, -0.2) is 4.98 Å². The number of thiophene rings is 1. The summed E-state index contributed by atoms with van der Waals surface area (Å²) in [5.74, 6) is 0.763. The van der Waals surface area contributed by atoms with Crippen LogP contribution in [0.2, 0.25) is 0 Å². The Kier molecular flexibility index (Phi) is 4.63. The average Bonchev–Trinajstić information content (AvgIpc) is 2.92. The van der Waals surface area contributed by atoms with Crippen LogP contribution in [-0.2, 0) is 4.79 Å². The number of aromatic nitrogens is 2. The topological polar surface area (TPSA) is 62.8 Å². The third kappa shape index (κ3) is 3.54. The minimum Gasteiger partial charge on any atom is -0.301 e. The van der Waals surface area contributed by atoms with Crippen molar-refractivity contribution in [3.8, 4) is 11.1 Å². The Balaban J connectivity index is 1.96. The van der Waals surface area contributed by atoms with Gasteiger partial charge in [0.1, 0.15) is 10.6 Å². The number of aryl methyl sites for hydroxylation is 1. The number of rotatable bonds is 5. The van der Waals surface area contributed by atoms with Gasteiger partial charge >= 0.3 is 0 Å². The van der Waals surface area contributed by atoms with Crippen LogP contribution in [-0.4, -0.2) is 21.5 Å².